The fraction of sp³-hybridized carbons (Fsp3) is 0.714. The Labute approximate surface area is 119 Å². The minimum atomic E-state index is -0.0265. The fourth-order valence-electron chi connectivity index (χ4n) is 3.06. The molecule has 1 atom stereocenters. The zero-order valence-electron chi connectivity index (χ0n) is 12.0. The van der Waals surface area contributed by atoms with Gasteiger partial charge in [-0.15, -0.1) is 0 Å². The molecule has 0 radical (unpaired) electrons. The maximum Gasteiger partial charge on any atom is 0.237 e. The van der Waals surface area contributed by atoms with Crippen molar-refractivity contribution in [1.29, 1.82) is 0 Å². The molecule has 20 heavy (non-hydrogen) atoms. The quantitative estimate of drug-likeness (QED) is 0.885. The first-order valence-corrected chi connectivity index (χ1v) is 7.35. The molecule has 0 aliphatic carbocycles. The van der Waals surface area contributed by atoms with Crippen LogP contribution < -0.4 is 0 Å². The van der Waals surface area contributed by atoms with Crippen LogP contribution in [-0.2, 0) is 9.53 Å². The van der Waals surface area contributed by atoms with Crippen LogP contribution in [0, 0.1) is 6.92 Å². The Bertz CT molecular complexity index is 467. The summed E-state index contributed by atoms with van der Waals surface area (Å²) in [6, 6.07) is -0.0265. The van der Waals surface area contributed by atoms with Crippen molar-refractivity contribution in [3.63, 3.8) is 0 Å². The molecule has 0 aromatic carbocycles. The molecule has 0 spiro atoms. The number of hydrogen-bond acceptors (Lipinski definition) is 4. The number of nitrogens with one attached hydrogen (secondary N) is 1. The van der Waals surface area contributed by atoms with Crippen molar-refractivity contribution in [1.82, 2.24) is 20.0 Å². The van der Waals surface area contributed by atoms with Crippen LogP contribution in [0.2, 0.25) is 0 Å². The van der Waals surface area contributed by atoms with E-state index in [0.29, 0.717) is 26.3 Å². The minimum Gasteiger partial charge on any atom is -0.377 e. The van der Waals surface area contributed by atoms with Gasteiger partial charge in [-0.3, -0.25) is 14.8 Å². The summed E-state index contributed by atoms with van der Waals surface area (Å²) in [6.45, 7) is 6.47. The first-order chi connectivity index (χ1) is 9.75. The summed E-state index contributed by atoms with van der Waals surface area (Å²) >= 11 is 0. The van der Waals surface area contributed by atoms with Gasteiger partial charge in [-0.1, -0.05) is 0 Å². The number of H-pyrrole nitrogens is 1. The Balaban J connectivity index is 1.71. The Morgan fingerprint density at radius 2 is 2.25 bits per heavy atom. The van der Waals surface area contributed by atoms with Gasteiger partial charge >= 0.3 is 0 Å². The minimum absolute atomic E-state index is 0.0265. The molecule has 2 saturated heterocycles. The number of carbonyl (C=O) groups excluding carboxylic acids is 1. The lowest BCUT2D eigenvalue weighted by atomic mass is 10.1. The second-order valence-electron chi connectivity index (χ2n) is 5.63. The SMILES string of the molecule is Cc1cn[nH]c1[C@H]1COCCN1C(=O)CN1CCCC1. The average molecular weight is 278 g/mol. The fourth-order valence-corrected chi connectivity index (χ4v) is 3.06. The highest BCUT2D eigenvalue weighted by Crippen LogP contribution is 2.25. The van der Waals surface area contributed by atoms with E-state index < -0.39 is 0 Å². The zero-order valence-corrected chi connectivity index (χ0v) is 12.0. The van der Waals surface area contributed by atoms with Crippen LogP contribution in [0.4, 0.5) is 0 Å². The normalized spacial score (nSPS) is 24.2. The van der Waals surface area contributed by atoms with Crippen LogP contribution >= 0.6 is 0 Å². The number of carbonyl (C=O) groups is 1. The van der Waals surface area contributed by atoms with Crippen LogP contribution in [0.5, 0.6) is 0 Å². The number of nitrogens with zero attached hydrogens (tertiary/aromatic N) is 3. The summed E-state index contributed by atoms with van der Waals surface area (Å²) in [5.41, 5.74) is 2.08. The first-order valence-electron chi connectivity index (χ1n) is 7.35. The molecule has 2 aliphatic heterocycles. The van der Waals surface area contributed by atoms with Crippen LogP contribution in [0.1, 0.15) is 30.1 Å². The van der Waals surface area contributed by atoms with Crippen molar-refractivity contribution in [2.24, 2.45) is 0 Å². The lowest BCUT2D eigenvalue weighted by Crippen LogP contribution is -2.47. The number of aromatic amines is 1. The second-order valence-corrected chi connectivity index (χ2v) is 5.63. The summed E-state index contributed by atoms with van der Waals surface area (Å²) < 4.78 is 5.56. The van der Waals surface area contributed by atoms with Gasteiger partial charge < -0.3 is 9.64 Å². The molecule has 3 heterocycles. The number of ether oxygens (including phenoxy) is 1. The molecule has 3 rings (SSSR count). The lowest BCUT2D eigenvalue weighted by molar-refractivity contribution is -0.141. The molecule has 0 unspecified atom stereocenters. The number of aromatic nitrogens is 2. The van der Waals surface area contributed by atoms with E-state index in [1.165, 1.54) is 12.8 Å². The predicted molar refractivity (Wildman–Crippen MR) is 74.3 cm³/mol. The van der Waals surface area contributed by atoms with Crippen LogP contribution in [0.15, 0.2) is 6.20 Å². The number of rotatable bonds is 3. The summed E-state index contributed by atoms with van der Waals surface area (Å²) in [6.07, 6.45) is 4.21. The van der Waals surface area contributed by atoms with E-state index in [9.17, 15) is 4.79 Å². The third kappa shape index (κ3) is 2.71. The van der Waals surface area contributed by atoms with Gasteiger partial charge in [0.05, 0.1) is 37.7 Å². The van der Waals surface area contributed by atoms with Crippen molar-refractivity contribution in [3.05, 3.63) is 17.5 Å². The van der Waals surface area contributed by atoms with Crippen molar-refractivity contribution in [3.8, 4) is 0 Å². The Hall–Kier alpha value is -1.40. The molecule has 1 aromatic heterocycles. The molecule has 6 nitrogen and oxygen atoms in total. The monoisotopic (exact) mass is 278 g/mol. The third-order valence-corrected chi connectivity index (χ3v) is 4.21. The van der Waals surface area contributed by atoms with Gasteiger partial charge in [-0.25, -0.2) is 0 Å². The Kier molecular flexibility index (Phi) is 4.03. The highest BCUT2D eigenvalue weighted by molar-refractivity contribution is 5.79. The number of aryl methyl sites for hydroxylation is 1. The van der Waals surface area contributed by atoms with Crippen LogP contribution in [0.25, 0.3) is 0 Å². The largest absolute Gasteiger partial charge is 0.377 e. The first kappa shape index (κ1) is 13.6. The van der Waals surface area contributed by atoms with Gasteiger partial charge in [-0.2, -0.15) is 5.10 Å². The van der Waals surface area contributed by atoms with Gasteiger partial charge in [0.1, 0.15) is 0 Å². The van der Waals surface area contributed by atoms with E-state index in [1.54, 1.807) is 6.20 Å². The number of hydrogen-bond donors (Lipinski definition) is 1. The second kappa shape index (κ2) is 5.93. The van der Waals surface area contributed by atoms with E-state index in [-0.39, 0.29) is 11.9 Å². The molecule has 1 amide bonds. The van der Waals surface area contributed by atoms with Gasteiger partial charge in [0.25, 0.3) is 0 Å². The zero-order chi connectivity index (χ0) is 13.9. The van der Waals surface area contributed by atoms with Crippen molar-refractivity contribution < 1.29 is 9.53 Å². The number of amides is 1. The highest BCUT2D eigenvalue weighted by Gasteiger charge is 2.31. The van der Waals surface area contributed by atoms with Crippen molar-refractivity contribution >= 4 is 5.91 Å². The maximum absolute atomic E-state index is 12.6. The summed E-state index contributed by atoms with van der Waals surface area (Å²) in [7, 11) is 0. The Morgan fingerprint density at radius 3 is 2.95 bits per heavy atom. The molecule has 1 N–H and O–H groups in total. The van der Waals surface area contributed by atoms with E-state index in [0.717, 1.165) is 24.3 Å². The molecule has 1 aromatic rings. The lowest BCUT2D eigenvalue weighted by Gasteiger charge is -2.36. The number of morpholine rings is 1. The van der Waals surface area contributed by atoms with Gasteiger partial charge in [0.15, 0.2) is 0 Å². The highest BCUT2D eigenvalue weighted by atomic mass is 16.5. The molecule has 110 valence electrons. The average Bonchev–Trinajstić information content (AvgIpc) is 3.10. The molecule has 2 fully saturated rings. The van der Waals surface area contributed by atoms with E-state index >= 15 is 0 Å². The van der Waals surface area contributed by atoms with Crippen LogP contribution in [-0.4, -0.2) is 65.3 Å². The smallest absolute Gasteiger partial charge is 0.237 e. The van der Waals surface area contributed by atoms with Gasteiger partial charge in [0.2, 0.25) is 5.91 Å². The molecular formula is C14H22N4O2. The van der Waals surface area contributed by atoms with Crippen LogP contribution in [0.3, 0.4) is 0 Å². The van der Waals surface area contributed by atoms with Gasteiger partial charge in [0, 0.05) is 6.54 Å². The van der Waals surface area contributed by atoms with E-state index in [4.69, 9.17) is 4.74 Å². The number of likely N-dealkylation sites (tertiary alicyclic amines) is 1. The van der Waals surface area contributed by atoms with E-state index in [2.05, 4.69) is 15.1 Å². The van der Waals surface area contributed by atoms with Gasteiger partial charge in [-0.05, 0) is 38.4 Å². The Morgan fingerprint density at radius 1 is 1.45 bits per heavy atom. The molecule has 0 saturated carbocycles. The summed E-state index contributed by atoms with van der Waals surface area (Å²) in [5, 5.41) is 7.08. The topological polar surface area (TPSA) is 61.5 Å². The van der Waals surface area contributed by atoms with E-state index in [1.807, 2.05) is 11.8 Å². The molecule has 6 heteroatoms. The van der Waals surface area contributed by atoms with Crippen molar-refractivity contribution in [2.75, 3.05) is 39.4 Å². The molecule has 2 aliphatic rings. The maximum atomic E-state index is 12.6. The predicted octanol–water partition coefficient (Wildman–Crippen LogP) is 0.714. The third-order valence-electron chi connectivity index (χ3n) is 4.21. The van der Waals surface area contributed by atoms with Crippen molar-refractivity contribution in [2.45, 2.75) is 25.8 Å². The summed E-state index contributed by atoms with van der Waals surface area (Å²) in [4.78, 5) is 16.8. The standard InChI is InChI=1S/C14H22N4O2/c1-11-8-15-16-14(11)12-10-20-7-6-18(12)13(19)9-17-4-2-3-5-17/h8,12H,2-7,9-10H2,1H3,(H,15,16)/t12-/m1/s1. The molecule has 0 bridgehead atoms. The summed E-state index contributed by atoms with van der Waals surface area (Å²) in [5.74, 6) is 0.203. The molecular weight excluding hydrogens is 256 g/mol.